The lowest BCUT2D eigenvalue weighted by atomic mass is 10.2. The normalized spacial score (nSPS) is 11.0. The average Bonchev–Trinajstić information content (AvgIpc) is 2.41. The van der Waals surface area contributed by atoms with E-state index in [0.29, 0.717) is 0 Å². The van der Waals surface area contributed by atoms with Crippen molar-refractivity contribution in [2.75, 3.05) is 19.3 Å². The highest BCUT2D eigenvalue weighted by Gasteiger charge is 2.02. The fraction of sp³-hybridized carbons (Fsp3) is 0.250. The Morgan fingerprint density at radius 1 is 1.00 bits per heavy atom. The van der Waals surface area contributed by atoms with E-state index in [4.69, 9.17) is 0 Å². The molecule has 0 saturated carbocycles. The number of thioether (sulfide) groups is 1. The van der Waals surface area contributed by atoms with Gasteiger partial charge in [-0.1, -0.05) is 12.1 Å². The predicted molar refractivity (Wildman–Crippen MR) is 79.9 cm³/mol. The van der Waals surface area contributed by atoms with E-state index in [1.807, 2.05) is 13.1 Å². The van der Waals surface area contributed by atoms with Crippen LogP contribution in [0.25, 0.3) is 0 Å². The first-order valence-corrected chi connectivity index (χ1v) is 7.43. The summed E-state index contributed by atoms with van der Waals surface area (Å²) in [6.07, 6.45) is 0. The molecular weight excluding hydrogens is 276 g/mol. The molecule has 1 nitrogen and oxygen atoms in total. The Bertz CT molecular complexity index is 542. The van der Waals surface area contributed by atoms with Gasteiger partial charge in [0.1, 0.15) is 11.6 Å². The summed E-state index contributed by atoms with van der Waals surface area (Å²) in [7, 11) is 2.01. The smallest absolute Gasteiger partial charge is 0.123 e. The van der Waals surface area contributed by atoms with E-state index in [1.165, 1.54) is 18.2 Å². The van der Waals surface area contributed by atoms with Crippen molar-refractivity contribution >= 4 is 11.8 Å². The zero-order valence-electron chi connectivity index (χ0n) is 11.4. The summed E-state index contributed by atoms with van der Waals surface area (Å²) in [6.45, 7) is 1.61. The molecule has 20 heavy (non-hydrogen) atoms. The zero-order chi connectivity index (χ0) is 14.4. The molecule has 2 aromatic rings. The molecule has 0 aliphatic heterocycles. The molecule has 4 heteroatoms. The van der Waals surface area contributed by atoms with Crippen LogP contribution >= 0.6 is 11.8 Å². The monoisotopic (exact) mass is 293 g/mol. The van der Waals surface area contributed by atoms with E-state index in [2.05, 4.69) is 4.90 Å². The Balaban J connectivity index is 1.75. The molecule has 0 bridgehead atoms. The molecule has 106 valence electrons. The molecule has 0 aromatic heterocycles. The van der Waals surface area contributed by atoms with Gasteiger partial charge < -0.3 is 4.90 Å². The summed E-state index contributed by atoms with van der Waals surface area (Å²) in [5.74, 6) is 0.506. The standard InChI is InChI=1S/C16H17F2NS/c1-19(12-13-3-2-4-15(18)11-13)9-10-20-16-7-5-14(17)6-8-16/h2-8,11H,9-10,12H2,1H3. The van der Waals surface area contributed by atoms with Gasteiger partial charge in [0.15, 0.2) is 0 Å². The molecule has 2 rings (SSSR count). The molecule has 0 heterocycles. The van der Waals surface area contributed by atoms with Gasteiger partial charge in [0.05, 0.1) is 0 Å². The van der Waals surface area contributed by atoms with Crippen LogP contribution in [-0.4, -0.2) is 24.2 Å². The number of hydrogen-bond donors (Lipinski definition) is 0. The van der Waals surface area contributed by atoms with Crippen molar-refractivity contribution < 1.29 is 8.78 Å². The highest BCUT2D eigenvalue weighted by atomic mass is 32.2. The molecule has 0 aliphatic rings. The van der Waals surface area contributed by atoms with Crippen LogP contribution in [0.15, 0.2) is 53.4 Å². The molecule has 0 aliphatic carbocycles. The van der Waals surface area contributed by atoms with E-state index >= 15 is 0 Å². The molecule has 0 atom stereocenters. The molecule has 0 unspecified atom stereocenters. The van der Waals surface area contributed by atoms with Crippen molar-refractivity contribution in [3.8, 4) is 0 Å². The van der Waals surface area contributed by atoms with Gasteiger partial charge in [-0.2, -0.15) is 0 Å². The lowest BCUT2D eigenvalue weighted by Crippen LogP contribution is -2.20. The summed E-state index contributed by atoms with van der Waals surface area (Å²) in [5, 5.41) is 0. The van der Waals surface area contributed by atoms with E-state index < -0.39 is 0 Å². The maximum absolute atomic E-state index is 13.1. The van der Waals surface area contributed by atoms with Gasteiger partial charge in [0.2, 0.25) is 0 Å². The van der Waals surface area contributed by atoms with Gasteiger partial charge >= 0.3 is 0 Å². The van der Waals surface area contributed by atoms with Gasteiger partial charge in [-0.05, 0) is 49.0 Å². The first-order chi connectivity index (χ1) is 9.63. The van der Waals surface area contributed by atoms with Crippen molar-refractivity contribution in [2.45, 2.75) is 11.4 Å². The Kier molecular flexibility index (Phi) is 5.56. The average molecular weight is 293 g/mol. The Morgan fingerprint density at radius 2 is 1.75 bits per heavy atom. The number of rotatable bonds is 6. The van der Waals surface area contributed by atoms with E-state index in [9.17, 15) is 8.78 Å². The number of halogens is 2. The Morgan fingerprint density at radius 3 is 2.45 bits per heavy atom. The summed E-state index contributed by atoms with van der Waals surface area (Å²) in [4.78, 5) is 3.20. The maximum atomic E-state index is 13.1. The quantitative estimate of drug-likeness (QED) is 0.735. The van der Waals surface area contributed by atoms with Crippen LogP contribution in [0.1, 0.15) is 5.56 Å². The van der Waals surface area contributed by atoms with Crippen LogP contribution < -0.4 is 0 Å². The topological polar surface area (TPSA) is 3.24 Å². The maximum Gasteiger partial charge on any atom is 0.123 e. The second kappa shape index (κ2) is 7.41. The van der Waals surface area contributed by atoms with Gasteiger partial charge in [-0.25, -0.2) is 8.78 Å². The van der Waals surface area contributed by atoms with Gasteiger partial charge in [-0.15, -0.1) is 11.8 Å². The van der Waals surface area contributed by atoms with Gasteiger partial charge in [0, 0.05) is 23.7 Å². The van der Waals surface area contributed by atoms with Crippen LogP contribution in [0.2, 0.25) is 0 Å². The van der Waals surface area contributed by atoms with Gasteiger partial charge in [-0.3, -0.25) is 0 Å². The first kappa shape index (κ1) is 15.0. The summed E-state index contributed by atoms with van der Waals surface area (Å²) in [5.41, 5.74) is 0.972. The number of hydrogen-bond acceptors (Lipinski definition) is 2. The molecule has 0 spiro atoms. The highest BCUT2D eigenvalue weighted by Crippen LogP contribution is 2.18. The van der Waals surface area contributed by atoms with E-state index in [0.717, 1.165) is 29.3 Å². The van der Waals surface area contributed by atoms with E-state index in [1.54, 1.807) is 36.0 Å². The first-order valence-electron chi connectivity index (χ1n) is 6.45. The third kappa shape index (κ3) is 4.94. The van der Waals surface area contributed by atoms with Crippen LogP contribution in [-0.2, 0) is 6.54 Å². The number of benzene rings is 2. The molecular formula is C16H17F2NS. The Labute approximate surface area is 122 Å². The van der Waals surface area contributed by atoms with E-state index in [-0.39, 0.29) is 11.6 Å². The molecule has 0 radical (unpaired) electrons. The third-order valence-corrected chi connectivity index (χ3v) is 3.89. The lowest BCUT2D eigenvalue weighted by Gasteiger charge is -2.16. The minimum Gasteiger partial charge on any atom is -0.301 e. The fourth-order valence-corrected chi connectivity index (χ4v) is 2.84. The molecule has 0 N–H and O–H groups in total. The van der Waals surface area contributed by atoms with Crippen LogP contribution in [0.4, 0.5) is 8.78 Å². The molecule has 0 fully saturated rings. The Hall–Kier alpha value is -1.39. The fourth-order valence-electron chi connectivity index (χ4n) is 1.88. The molecule has 2 aromatic carbocycles. The van der Waals surface area contributed by atoms with Crippen LogP contribution in [0.5, 0.6) is 0 Å². The predicted octanol–water partition coefficient (Wildman–Crippen LogP) is 4.19. The highest BCUT2D eigenvalue weighted by molar-refractivity contribution is 7.99. The van der Waals surface area contributed by atoms with Crippen molar-refractivity contribution in [3.05, 3.63) is 65.7 Å². The lowest BCUT2D eigenvalue weighted by molar-refractivity contribution is 0.348. The third-order valence-electron chi connectivity index (χ3n) is 2.90. The number of nitrogens with zero attached hydrogens (tertiary/aromatic N) is 1. The molecule has 0 amide bonds. The minimum atomic E-state index is -0.211. The van der Waals surface area contributed by atoms with Crippen molar-refractivity contribution in [1.29, 1.82) is 0 Å². The van der Waals surface area contributed by atoms with Crippen LogP contribution in [0.3, 0.4) is 0 Å². The summed E-state index contributed by atoms with van der Waals surface area (Å²) < 4.78 is 25.8. The SMILES string of the molecule is CN(CCSc1ccc(F)cc1)Cc1cccc(F)c1. The minimum absolute atomic E-state index is 0.198. The second-order valence-electron chi connectivity index (χ2n) is 4.67. The zero-order valence-corrected chi connectivity index (χ0v) is 12.2. The summed E-state index contributed by atoms with van der Waals surface area (Å²) in [6, 6.07) is 13.2. The van der Waals surface area contributed by atoms with Crippen molar-refractivity contribution in [2.24, 2.45) is 0 Å². The molecule has 0 saturated heterocycles. The second-order valence-corrected chi connectivity index (χ2v) is 5.84. The van der Waals surface area contributed by atoms with Crippen molar-refractivity contribution in [3.63, 3.8) is 0 Å². The largest absolute Gasteiger partial charge is 0.301 e. The summed E-state index contributed by atoms with van der Waals surface area (Å²) >= 11 is 1.69. The van der Waals surface area contributed by atoms with Crippen LogP contribution in [0, 0.1) is 11.6 Å². The van der Waals surface area contributed by atoms with Gasteiger partial charge in [0.25, 0.3) is 0 Å². The van der Waals surface area contributed by atoms with Crippen molar-refractivity contribution in [1.82, 2.24) is 4.90 Å².